The lowest BCUT2D eigenvalue weighted by atomic mass is 10.1. The van der Waals surface area contributed by atoms with Gasteiger partial charge in [0.05, 0.1) is 25.5 Å². The molecule has 2 rings (SSSR count). The van der Waals surface area contributed by atoms with Crippen molar-refractivity contribution in [2.24, 2.45) is 0 Å². The van der Waals surface area contributed by atoms with Crippen LogP contribution in [0.2, 0.25) is 0 Å². The number of rotatable bonds is 4. The van der Waals surface area contributed by atoms with E-state index in [1.54, 1.807) is 37.5 Å². The van der Waals surface area contributed by atoms with Crippen LogP contribution in [0.1, 0.15) is 21.6 Å². The largest absolute Gasteiger partial charge is 0.507 e. The molecule has 1 aromatic carbocycles. The van der Waals surface area contributed by atoms with Crippen molar-refractivity contribution < 1.29 is 19.4 Å². The summed E-state index contributed by atoms with van der Waals surface area (Å²) in [6.45, 7) is 0. The highest BCUT2D eigenvalue weighted by Crippen LogP contribution is 2.24. The molecule has 22 heavy (non-hydrogen) atoms. The highest BCUT2D eigenvalue weighted by molar-refractivity contribution is 9.10. The Morgan fingerprint density at radius 2 is 2.00 bits per heavy atom. The van der Waals surface area contributed by atoms with E-state index in [1.807, 2.05) is 6.07 Å². The summed E-state index contributed by atoms with van der Waals surface area (Å²) in [5.41, 5.74) is 1.51. The molecule has 5 nitrogen and oxygen atoms in total. The topological polar surface area (TPSA) is 68.7 Å². The Morgan fingerprint density at radius 3 is 2.64 bits per heavy atom. The average molecular weight is 364 g/mol. The smallest absolute Gasteiger partial charge is 0.337 e. The molecule has 1 heterocycles. The van der Waals surface area contributed by atoms with Crippen LogP contribution in [0.15, 0.2) is 34.8 Å². The molecule has 0 amide bonds. The van der Waals surface area contributed by atoms with Gasteiger partial charge in [-0.05, 0) is 46.3 Å². The Kier molecular flexibility index (Phi) is 5.16. The van der Waals surface area contributed by atoms with Gasteiger partial charge in [-0.1, -0.05) is 6.07 Å². The molecule has 0 aliphatic rings. The summed E-state index contributed by atoms with van der Waals surface area (Å²) in [5, 5.41) is 9.97. The van der Waals surface area contributed by atoms with E-state index in [0.29, 0.717) is 17.1 Å². The Balaban J connectivity index is 2.29. The third-order valence-corrected chi connectivity index (χ3v) is 3.60. The van der Waals surface area contributed by atoms with Crippen LogP contribution in [-0.2, 0) is 4.74 Å². The number of aromatic nitrogens is 1. The molecule has 0 saturated heterocycles. The van der Waals surface area contributed by atoms with Crippen molar-refractivity contribution in [3.8, 4) is 11.6 Å². The summed E-state index contributed by atoms with van der Waals surface area (Å²) >= 11 is 3.40. The molecule has 2 aromatic rings. The Hall–Kier alpha value is -2.34. The van der Waals surface area contributed by atoms with Gasteiger partial charge in [-0.15, -0.1) is 0 Å². The second-order valence-corrected chi connectivity index (χ2v) is 5.17. The first-order chi connectivity index (χ1) is 10.5. The van der Waals surface area contributed by atoms with E-state index in [4.69, 9.17) is 4.74 Å². The van der Waals surface area contributed by atoms with E-state index >= 15 is 0 Å². The maximum atomic E-state index is 11.4. The minimum atomic E-state index is -0.497. The Labute approximate surface area is 136 Å². The quantitative estimate of drug-likeness (QED) is 0.841. The van der Waals surface area contributed by atoms with Gasteiger partial charge in [-0.3, -0.25) is 0 Å². The minimum absolute atomic E-state index is 0.0156. The molecule has 1 N–H and O–H groups in total. The van der Waals surface area contributed by atoms with Gasteiger partial charge in [0, 0.05) is 16.1 Å². The lowest BCUT2D eigenvalue weighted by molar-refractivity contribution is 0.0600. The fourth-order valence-electron chi connectivity index (χ4n) is 1.77. The molecule has 1 aromatic heterocycles. The minimum Gasteiger partial charge on any atom is -0.507 e. The lowest BCUT2D eigenvalue weighted by Gasteiger charge is -2.04. The molecule has 114 valence electrons. The summed E-state index contributed by atoms with van der Waals surface area (Å²) < 4.78 is 10.5. The number of aromatic hydroxyl groups is 1. The first-order valence-electron chi connectivity index (χ1n) is 6.35. The number of phenols is 1. The van der Waals surface area contributed by atoms with E-state index in [1.165, 1.54) is 13.2 Å². The summed E-state index contributed by atoms with van der Waals surface area (Å²) in [7, 11) is 2.83. The molecule has 0 radical (unpaired) electrons. The maximum absolute atomic E-state index is 11.4. The number of carbonyl (C=O) groups is 1. The predicted octanol–water partition coefficient (Wildman–Crippen LogP) is 3.52. The number of esters is 1. The molecule has 0 saturated carbocycles. The summed E-state index contributed by atoms with van der Waals surface area (Å²) in [5.74, 6) is -0.0192. The molecular weight excluding hydrogens is 350 g/mol. The first-order valence-corrected chi connectivity index (χ1v) is 7.14. The van der Waals surface area contributed by atoms with Crippen LogP contribution in [0, 0.1) is 0 Å². The van der Waals surface area contributed by atoms with Gasteiger partial charge < -0.3 is 14.6 Å². The number of carbonyl (C=O) groups excluding carboxylic acids is 1. The highest BCUT2D eigenvalue weighted by atomic mass is 79.9. The van der Waals surface area contributed by atoms with Gasteiger partial charge in [0.1, 0.15) is 5.75 Å². The van der Waals surface area contributed by atoms with Crippen molar-refractivity contribution in [1.29, 1.82) is 0 Å². The number of pyridine rings is 1. The first kappa shape index (κ1) is 16.0. The molecule has 0 bridgehead atoms. The number of phenolic OH excluding ortho intramolecular Hbond substituents is 1. The molecule has 0 aliphatic carbocycles. The summed E-state index contributed by atoms with van der Waals surface area (Å²) in [4.78, 5) is 15.7. The van der Waals surface area contributed by atoms with Crippen LogP contribution < -0.4 is 4.74 Å². The van der Waals surface area contributed by atoms with Crippen molar-refractivity contribution >= 4 is 34.1 Å². The number of methoxy groups -OCH3 is 2. The van der Waals surface area contributed by atoms with Gasteiger partial charge in [0.25, 0.3) is 0 Å². The van der Waals surface area contributed by atoms with Gasteiger partial charge in [0.2, 0.25) is 5.88 Å². The summed E-state index contributed by atoms with van der Waals surface area (Å²) in [6, 6.07) is 8.14. The van der Waals surface area contributed by atoms with Crippen LogP contribution in [0.25, 0.3) is 12.2 Å². The average Bonchev–Trinajstić information content (AvgIpc) is 2.54. The van der Waals surface area contributed by atoms with Crippen LogP contribution >= 0.6 is 15.9 Å². The van der Waals surface area contributed by atoms with Crippen molar-refractivity contribution in [2.75, 3.05) is 14.2 Å². The number of halogens is 1. The predicted molar refractivity (Wildman–Crippen MR) is 86.9 cm³/mol. The number of nitrogens with zero attached hydrogens (tertiary/aromatic N) is 1. The van der Waals surface area contributed by atoms with Crippen LogP contribution in [0.5, 0.6) is 11.6 Å². The normalized spacial score (nSPS) is 10.7. The zero-order valence-electron chi connectivity index (χ0n) is 12.0. The van der Waals surface area contributed by atoms with Crippen LogP contribution in [0.4, 0.5) is 0 Å². The zero-order chi connectivity index (χ0) is 16.1. The van der Waals surface area contributed by atoms with E-state index in [-0.39, 0.29) is 11.3 Å². The monoisotopic (exact) mass is 363 g/mol. The molecule has 0 spiro atoms. The van der Waals surface area contributed by atoms with Crippen molar-refractivity contribution in [3.05, 3.63) is 51.6 Å². The highest BCUT2D eigenvalue weighted by Gasteiger charge is 2.08. The molecule has 6 heteroatoms. The Bertz CT molecular complexity index is 728. The Morgan fingerprint density at radius 1 is 1.23 bits per heavy atom. The zero-order valence-corrected chi connectivity index (χ0v) is 13.6. The number of hydrogen-bond acceptors (Lipinski definition) is 5. The van der Waals surface area contributed by atoms with Crippen molar-refractivity contribution in [1.82, 2.24) is 4.98 Å². The fourth-order valence-corrected chi connectivity index (χ4v) is 2.12. The standard InChI is InChI=1S/C16H14BrNO4/c1-21-15-8-6-12(17)13(18-15)7-5-10-3-4-11(9-14(10)19)16(20)22-2/h3-9,19H,1-2H3/b7-5+. The number of ether oxygens (including phenoxy) is 2. The van der Waals surface area contributed by atoms with Gasteiger partial charge in [-0.25, -0.2) is 9.78 Å². The molecule has 0 aliphatic heterocycles. The second-order valence-electron chi connectivity index (χ2n) is 4.32. The molecule has 0 unspecified atom stereocenters. The van der Waals surface area contributed by atoms with Crippen molar-refractivity contribution in [3.63, 3.8) is 0 Å². The second kappa shape index (κ2) is 7.09. The van der Waals surface area contributed by atoms with E-state index < -0.39 is 5.97 Å². The molecule has 0 fully saturated rings. The van der Waals surface area contributed by atoms with Gasteiger partial charge >= 0.3 is 5.97 Å². The van der Waals surface area contributed by atoms with E-state index in [9.17, 15) is 9.90 Å². The number of benzene rings is 1. The fraction of sp³-hybridized carbons (Fsp3) is 0.125. The third kappa shape index (κ3) is 3.65. The van der Waals surface area contributed by atoms with Crippen LogP contribution in [-0.4, -0.2) is 30.3 Å². The lowest BCUT2D eigenvalue weighted by Crippen LogP contribution is -2.00. The van der Waals surface area contributed by atoms with Gasteiger partial charge in [-0.2, -0.15) is 0 Å². The van der Waals surface area contributed by atoms with E-state index in [2.05, 4.69) is 25.7 Å². The maximum Gasteiger partial charge on any atom is 0.337 e. The molecule has 0 atom stereocenters. The summed E-state index contributed by atoms with van der Waals surface area (Å²) in [6.07, 6.45) is 3.43. The number of hydrogen-bond donors (Lipinski definition) is 1. The SMILES string of the molecule is COC(=O)c1ccc(/C=C/c2nc(OC)ccc2Br)c(O)c1. The van der Waals surface area contributed by atoms with E-state index in [0.717, 1.165) is 4.47 Å². The molecular formula is C16H14BrNO4. The third-order valence-electron chi connectivity index (χ3n) is 2.93. The van der Waals surface area contributed by atoms with Crippen LogP contribution in [0.3, 0.4) is 0 Å². The van der Waals surface area contributed by atoms with Gasteiger partial charge in [0.15, 0.2) is 0 Å². The van der Waals surface area contributed by atoms with Crippen molar-refractivity contribution in [2.45, 2.75) is 0 Å².